The van der Waals surface area contributed by atoms with Gasteiger partial charge in [-0.1, -0.05) is 0 Å². The Morgan fingerprint density at radius 2 is 2.12 bits per heavy atom. The fourth-order valence-corrected chi connectivity index (χ4v) is 1.03. The molecule has 1 fully saturated rings. The number of carbonyl (C=O) groups is 2. The molecule has 0 bridgehead atoms. The molecule has 5 heteroatoms. The average Bonchev–Trinajstić information content (AvgIpc) is 2.43. The van der Waals surface area contributed by atoms with E-state index in [2.05, 4.69) is 0 Å². The molecule has 1 aliphatic heterocycles. The normalized spacial score (nSPS) is 22.9. The maximum atomic E-state index is 11.4. The molecule has 1 aliphatic rings. The molecule has 5 nitrogen and oxygen atoms in total. The largest absolute Gasteiger partial charge is 0.514 e. The second kappa shape index (κ2) is 4.55. The van der Waals surface area contributed by atoms with E-state index in [-0.39, 0.29) is 12.6 Å². The van der Waals surface area contributed by atoms with Crippen molar-refractivity contribution in [2.75, 3.05) is 6.61 Å². The van der Waals surface area contributed by atoms with Crippen molar-refractivity contribution in [1.82, 2.24) is 0 Å². The Bertz CT molecular complexity index is 324. The van der Waals surface area contributed by atoms with Gasteiger partial charge >= 0.3 is 12.1 Å². The van der Waals surface area contributed by atoms with Gasteiger partial charge in [0.2, 0.25) is 0 Å². The standard InChI is InChI=1S/C11H16O5/c1-7-8(16-10(13)15-7)5-6-14-9(12)11(2,3)4/h5,7H,6H2,1-4H3/b8-5+. The summed E-state index contributed by atoms with van der Waals surface area (Å²) in [7, 11) is 0. The van der Waals surface area contributed by atoms with Gasteiger partial charge in [-0.15, -0.1) is 0 Å². The first-order valence-electron chi connectivity index (χ1n) is 5.06. The number of carbonyl (C=O) groups excluding carboxylic acids is 2. The van der Waals surface area contributed by atoms with E-state index in [4.69, 9.17) is 14.2 Å². The number of rotatable bonds is 2. The third-order valence-electron chi connectivity index (χ3n) is 1.99. The summed E-state index contributed by atoms with van der Waals surface area (Å²) < 4.78 is 14.5. The lowest BCUT2D eigenvalue weighted by Crippen LogP contribution is -2.23. The molecule has 0 saturated carbocycles. The molecule has 1 saturated heterocycles. The molecule has 0 aromatic heterocycles. The van der Waals surface area contributed by atoms with Gasteiger partial charge in [0.15, 0.2) is 11.9 Å². The van der Waals surface area contributed by atoms with E-state index in [0.717, 1.165) is 0 Å². The van der Waals surface area contributed by atoms with Crippen molar-refractivity contribution in [3.8, 4) is 0 Å². The van der Waals surface area contributed by atoms with Crippen LogP contribution >= 0.6 is 0 Å². The zero-order valence-corrected chi connectivity index (χ0v) is 9.90. The predicted molar refractivity (Wildman–Crippen MR) is 55.5 cm³/mol. The van der Waals surface area contributed by atoms with E-state index >= 15 is 0 Å². The van der Waals surface area contributed by atoms with Crippen molar-refractivity contribution in [2.45, 2.75) is 33.8 Å². The number of hydrogen-bond acceptors (Lipinski definition) is 5. The minimum atomic E-state index is -0.721. The van der Waals surface area contributed by atoms with Crippen LogP contribution in [0.25, 0.3) is 0 Å². The minimum absolute atomic E-state index is 0.0758. The number of esters is 1. The number of cyclic esters (lactones) is 2. The van der Waals surface area contributed by atoms with Gasteiger partial charge in [-0.2, -0.15) is 0 Å². The van der Waals surface area contributed by atoms with E-state index in [1.807, 2.05) is 0 Å². The summed E-state index contributed by atoms with van der Waals surface area (Å²) in [5, 5.41) is 0. The molecule has 1 atom stereocenters. The molecule has 0 spiro atoms. The molecule has 16 heavy (non-hydrogen) atoms. The fraction of sp³-hybridized carbons (Fsp3) is 0.636. The zero-order valence-electron chi connectivity index (χ0n) is 9.90. The number of hydrogen-bond donors (Lipinski definition) is 0. The zero-order chi connectivity index (χ0) is 12.3. The molecular formula is C11H16O5. The SMILES string of the molecule is CC1OC(=O)O/C1=C/COC(=O)C(C)(C)C. The Hall–Kier alpha value is -1.52. The highest BCUT2D eigenvalue weighted by Gasteiger charge is 2.27. The Labute approximate surface area is 94.4 Å². The van der Waals surface area contributed by atoms with Crippen molar-refractivity contribution < 1.29 is 23.8 Å². The first-order chi connectivity index (χ1) is 7.30. The average molecular weight is 228 g/mol. The monoisotopic (exact) mass is 228 g/mol. The molecule has 1 unspecified atom stereocenters. The molecule has 0 radical (unpaired) electrons. The molecule has 1 rings (SSSR count). The van der Waals surface area contributed by atoms with Crippen LogP contribution in [0.2, 0.25) is 0 Å². The van der Waals surface area contributed by atoms with Crippen LogP contribution in [0.5, 0.6) is 0 Å². The van der Waals surface area contributed by atoms with Gasteiger partial charge in [0.25, 0.3) is 0 Å². The molecule has 1 heterocycles. The van der Waals surface area contributed by atoms with Crippen molar-refractivity contribution in [2.24, 2.45) is 5.41 Å². The highest BCUT2D eigenvalue weighted by molar-refractivity contribution is 5.75. The second-order valence-electron chi connectivity index (χ2n) is 4.57. The maximum absolute atomic E-state index is 11.4. The van der Waals surface area contributed by atoms with Crippen LogP contribution in [0.4, 0.5) is 4.79 Å². The summed E-state index contributed by atoms with van der Waals surface area (Å²) in [6, 6.07) is 0. The topological polar surface area (TPSA) is 61.8 Å². The lowest BCUT2D eigenvalue weighted by atomic mass is 9.97. The summed E-state index contributed by atoms with van der Waals surface area (Å²) in [4.78, 5) is 22.1. The Balaban J connectivity index is 2.43. The van der Waals surface area contributed by atoms with Gasteiger partial charge in [0, 0.05) is 0 Å². The lowest BCUT2D eigenvalue weighted by Gasteiger charge is -2.15. The van der Waals surface area contributed by atoms with Crippen molar-refractivity contribution in [3.05, 3.63) is 11.8 Å². The van der Waals surface area contributed by atoms with Gasteiger partial charge in [-0.3, -0.25) is 4.79 Å². The van der Waals surface area contributed by atoms with Crippen LogP contribution in [-0.4, -0.2) is 24.8 Å². The first kappa shape index (κ1) is 12.5. The van der Waals surface area contributed by atoms with Crippen LogP contribution in [0.15, 0.2) is 11.8 Å². The van der Waals surface area contributed by atoms with Gasteiger partial charge in [0.05, 0.1) is 5.41 Å². The van der Waals surface area contributed by atoms with E-state index in [9.17, 15) is 9.59 Å². The summed E-state index contributed by atoms with van der Waals surface area (Å²) in [6.07, 6.45) is 0.390. The lowest BCUT2D eigenvalue weighted by molar-refractivity contribution is -0.151. The van der Waals surface area contributed by atoms with Gasteiger partial charge in [-0.25, -0.2) is 4.79 Å². The quantitative estimate of drug-likeness (QED) is 0.676. The van der Waals surface area contributed by atoms with Gasteiger partial charge in [-0.05, 0) is 33.8 Å². The van der Waals surface area contributed by atoms with Crippen LogP contribution in [0.3, 0.4) is 0 Å². The predicted octanol–water partition coefficient (Wildman–Crippen LogP) is 2.01. The van der Waals surface area contributed by atoms with Gasteiger partial charge in [0.1, 0.15) is 6.61 Å². The third-order valence-corrected chi connectivity index (χ3v) is 1.99. The summed E-state index contributed by atoms with van der Waals surface area (Å²) in [5.41, 5.74) is -0.535. The molecule has 0 aromatic carbocycles. The Kier molecular flexibility index (Phi) is 3.57. The van der Waals surface area contributed by atoms with Crippen LogP contribution < -0.4 is 0 Å². The summed E-state index contributed by atoms with van der Waals surface area (Å²) in [6.45, 7) is 7.06. The minimum Gasteiger partial charge on any atom is -0.461 e. The highest BCUT2D eigenvalue weighted by atomic mass is 16.8. The third kappa shape index (κ3) is 3.25. The summed E-state index contributed by atoms with van der Waals surface area (Å²) in [5.74, 6) is 0.0777. The summed E-state index contributed by atoms with van der Waals surface area (Å²) >= 11 is 0. The molecule has 0 aromatic rings. The van der Waals surface area contributed by atoms with Crippen molar-refractivity contribution in [3.63, 3.8) is 0 Å². The van der Waals surface area contributed by atoms with Crippen LogP contribution in [0.1, 0.15) is 27.7 Å². The first-order valence-corrected chi connectivity index (χ1v) is 5.06. The van der Waals surface area contributed by atoms with Gasteiger partial charge < -0.3 is 14.2 Å². The van der Waals surface area contributed by atoms with E-state index in [1.54, 1.807) is 27.7 Å². The smallest absolute Gasteiger partial charge is 0.461 e. The van der Waals surface area contributed by atoms with Crippen molar-refractivity contribution in [1.29, 1.82) is 0 Å². The molecule has 90 valence electrons. The second-order valence-corrected chi connectivity index (χ2v) is 4.57. The van der Waals surface area contributed by atoms with Crippen LogP contribution in [0, 0.1) is 5.41 Å². The highest BCUT2D eigenvalue weighted by Crippen LogP contribution is 2.19. The molecule has 0 amide bonds. The molecular weight excluding hydrogens is 212 g/mol. The molecule has 0 aliphatic carbocycles. The number of ether oxygens (including phenoxy) is 3. The van der Waals surface area contributed by atoms with Crippen molar-refractivity contribution >= 4 is 12.1 Å². The van der Waals surface area contributed by atoms with E-state index in [0.29, 0.717) is 5.76 Å². The fourth-order valence-electron chi connectivity index (χ4n) is 1.03. The maximum Gasteiger partial charge on any atom is 0.514 e. The van der Waals surface area contributed by atoms with Crippen LogP contribution in [-0.2, 0) is 19.0 Å². The van der Waals surface area contributed by atoms with E-state index < -0.39 is 17.7 Å². The van der Waals surface area contributed by atoms with E-state index in [1.165, 1.54) is 6.08 Å². The Morgan fingerprint density at radius 1 is 1.50 bits per heavy atom. The Morgan fingerprint density at radius 3 is 2.56 bits per heavy atom. The molecule has 0 N–H and O–H groups in total.